The molecule has 0 saturated carbocycles. The molecule has 0 bridgehead atoms. The van der Waals surface area contributed by atoms with E-state index in [4.69, 9.17) is 4.74 Å². The first-order chi connectivity index (χ1) is 8.54. The predicted octanol–water partition coefficient (Wildman–Crippen LogP) is 2.75. The van der Waals surface area contributed by atoms with E-state index in [1.54, 1.807) is 7.11 Å². The minimum Gasteiger partial charge on any atom is -0.497 e. The van der Waals surface area contributed by atoms with Crippen molar-refractivity contribution in [3.05, 3.63) is 29.8 Å². The minimum absolute atomic E-state index is 0.0409. The zero-order chi connectivity index (χ0) is 13.6. The Morgan fingerprint density at radius 3 is 2.39 bits per heavy atom. The Labute approximate surface area is 110 Å². The Balaban J connectivity index is 2.56. The Morgan fingerprint density at radius 1 is 1.33 bits per heavy atom. The molecule has 0 amide bonds. The number of hydrogen-bond donors (Lipinski definition) is 2. The third-order valence-electron chi connectivity index (χ3n) is 3.69. The lowest BCUT2D eigenvalue weighted by atomic mass is 9.88. The molecule has 2 atom stereocenters. The predicted molar refractivity (Wildman–Crippen MR) is 74.9 cm³/mol. The van der Waals surface area contributed by atoms with Crippen LogP contribution in [0.5, 0.6) is 5.75 Å². The van der Waals surface area contributed by atoms with Crippen LogP contribution in [0.2, 0.25) is 0 Å². The van der Waals surface area contributed by atoms with Crippen molar-refractivity contribution in [2.75, 3.05) is 20.3 Å². The quantitative estimate of drug-likeness (QED) is 0.783. The van der Waals surface area contributed by atoms with Crippen molar-refractivity contribution in [3.63, 3.8) is 0 Å². The molecule has 0 radical (unpaired) electrons. The Bertz CT molecular complexity index is 344. The molecule has 3 nitrogen and oxygen atoms in total. The van der Waals surface area contributed by atoms with Crippen molar-refractivity contribution in [1.29, 1.82) is 0 Å². The van der Waals surface area contributed by atoms with Gasteiger partial charge < -0.3 is 15.2 Å². The second-order valence-corrected chi connectivity index (χ2v) is 5.20. The number of benzene rings is 1. The fourth-order valence-electron chi connectivity index (χ4n) is 1.70. The van der Waals surface area contributed by atoms with Crippen LogP contribution in [0.25, 0.3) is 0 Å². The van der Waals surface area contributed by atoms with Gasteiger partial charge in [0.15, 0.2) is 0 Å². The van der Waals surface area contributed by atoms with Gasteiger partial charge in [-0.3, -0.25) is 0 Å². The molecule has 0 aliphatic heterocycles. The van der Waals surface area contributed by atoms with Crippen LogP contribution in [0.1, 0.15) is 38.8 Å². The minimum atomic E-state index is -0.0409. The average Bonchev–Trinajstić information content (AvgIpc) is 2.44. The van der Waals surface area contributed by atoms with E-state index in [0.717, 1.165) is 18.7 Å². The number of hydrogen-bond acceptors (Lipinski definition) is 3. The molecule has 1 aromatic carbocycles. The first kappa shape index (κ1) is 15.0. The molecule has 0 aliphatic rings. The van der Waals surface area contributed by atoms with Crippen LogP contribution in [0.15, 0.2) is 24.3 Å². The van der Waals surface area contributed by atoms with Gasteiger partial charge in [0.2, 0.25) is 0 Å². The third kappa shape index (κ3) is 4.00. The number of aliphatic hydroxyl groups is 1. The molecule has 2 N–H and O–H groups in total. The molecule has 0 fully saturated rings. The highest BCUT2D eigenvalue weighted by Gasteiger charge is 2.21. The molecule has 0 spiro atoms. The summed E-state index contributed by atoms with van der Waals surface area (Å²) in [6.45, 7) is 7.37. The molecule has 1 aromatic rings. The summed E-state index contributed by atoms with van der Waals surface area (Å²) in [5.74, 6) is 0.875. The first-order valence-electron chi connectivity index (χ1n) is 6.53. The number of ether oxygens (including phenoxy) is 1. The SMILES string of the molecule is CCC(C)(CO)CN[C@@H](C)c1ccc(OC)cc1. The van der Waals surface area contributed by atoms with E-state index in [1.165, 1.54) is 5.56 Å². The van der Waals surface area contributed by atoms with E-state index in [2.05, 4.69) is 38.2 Å². The topological polar surface area (TPSA) is 41.5 Å². The van der Waals surface area contributed by atoms with Gasteiger partial charge in [0, 0.05) is 24.6 Å². The molecular formula is C15H25NO2. The fourth-order valence-corrected chi connectivity index (χ4v) is 1.70. The molecule has 3 heteroatoms. The first-order valence-corrected chi connectivity index (χ1v) is 6.53. The third-order valence-corrected chi connectivity index (χ3v) is 3.69. The molecule has 0 saturated heterocycles. The summed E-state index contributed by atoms with van der Waals surface area (Å²) in [5.41, 5.74) is 1.19. The van der Waals surface area contributed by atoms with Gasteiger partial charge in [0.25, 0.3) is 0 Å². The summed E-state index contributed by atoms with van der Waals surface area (Å²) in [6.07, 6.45) is 0.964. The van der Waals surface area contributed by atoms with Gasteiger partial charge in [-0.1, -0.05) is 26.0 Å². The lowest BCUT2D eigenvalue weighted by molar-refractivity contribution is 0.132. The van der Waals surface area contributed by atoms with Crippen LogP contribution in [-0.2, 0) is 0 Å². The Morgan fingerprint density at radius 2 is 1.94 bits per heavy atom. The summed E-state index contributed by atoms with van der Waals surface area (Å²) in [5, 5.41) is 12.9. The molecule has 0 heterocycles. The van der Waals surface area contributed by atoms with Crippen LogP contribution in [0.3, 0.4) is 0 Å². The van der Waals surface area contributed by atoms with Gasteiger partial charge in [-0.25, -0.2) is 0 Å². The zero-order valence-corrected chi connectivity index (χ0v) is 11.9. The molecule has 1 unspecified atom stereocenters. The van der Waals surface area contributed by atoms with Crippen LogP contribution >= 0.6 is 0 Å². The largest absolute Gasteiger partial charge is 0.497 e. The number of aliphatic hydroxyl groups excluding tert-OH is 1. The van der Waals surface area contributed by atoms with E-state index in [1.807, 2.05) is 12.1 Å². The number of nitrogens with one attached hydrogen (secondary N) is 1. The molecule has 1 rings (SSSR count). The van der Waals surface area contributed by atoms with Crippen molar-refractivity contribution in [2.45, 2.75) is 33.2 Å². The van der Waals surface area contributed by atoms with Crippen LogP contribution in [0.4, 0.5) is 0 Å². The van der Waals surface area contributed by atoms with E-state index < -0.39 is 0 Å². The second kappa shape index (κ2) is 6.76. The average molecular weight is 251 g/mol. The Hall–Kier alpha value is -1.06. The van der Waals surface area contributed by atoms with Crippen molar-refractivity contribution in [1.82, 2.24) is 5.32 Å². The zero-order valence-electron chi connectivity index (χ0n) is 11.9. The molecule has 102 valence electrons. The standard InChI is InChI=1S/C15H25NO2/c1-5-15(3,11-17)10-16-12(2)13-6-8-14(18-4)9-7-13/h6-9,12,16-17H,5,10-11H2,1-4H3/t12-,15?/m0/s1. The van der Waals surface area contributed by atoms with Crippen molar-refractivity contribution < 1.29 is 9.84 Å². The summed E-state index contributed by atoms with van der Waals surface area (Å²) in [6, 6.07) is 8.35. The second-order valence-electron chi connectivity index (χ2n) is 5.20. The number of rotatable bonds is 7. The lowest BCUT2D eigenvalue weighted by Crippen LogP contribution is -2.35. The van der Waals surface area contributed by atoms with E-state index in [9.17, 15) is 5.11 Å². The highest BCUT2D eigenvalue weighted by molar-refractivity contribution is 5.28. The highest BCUT2D eigenvalue weighted by atomic mass is 16.5. The lowest BCUT2D eigenvalue weighted by Gasteiger charge is -2.28. The van der Waals surface area contributed by atoms with E-state index in [-0.39, 0.29) is 18.1 Å². The maximum Gasteiger partial charge on any atom is 0.118 e. The number of methoxy groups -OCH3 is 1. The maximum absolute atomic E-state index is 9.38. The van der Waals surface area contributed by atoms with Gasteiger partial charge in [-0.05, 0) is 31.0 Å². The van der Waals surface area contributed by atoms with Gasteiger partial charge in [-0.2, -0.15) is 0 Å². The van der Waals surface area contributed by atoms with E-state index in [0.29, 0.717) is 0 Å². The molecule has 18 heavy (non-hydrogen) atoms. The summed E-state index contributed by atoms with van der Waals surface area (Å²) in [4.78, 5) is 0. The maximum atomic E-state index is 9.38. The smallest absolute Gasteiger partial charge is 0.118 e. The monoisotopic (exact) mass is 251 g/mol. The molecule has 0 aliphatic carbocycles. The molecular weight excluding hydrogens is 226 g/mol. The van der Waals surface area contributed by atoms with Gasteiger partial charge in [0.05, 0.1) is 7.11 Å². The van der Waals surface area contributed by atoms with E-state index >= 15 is 0 Å². The van der Waals surface area contributed by atoms with Crippen LogP contribution in [0, 0.1) is 5.41 Å². The summed E-state index contributed by atoms with van der Waals surface area (Å²) >= 11 is 0. The van der Waals surface area contributed by atoms with Gasteiger partial charge in [-0.15, -0.1) is 0 Å². The normalized spacial score (nSPS) is 16.1. The van der Waals surface area contributed by atoms with Gasteiger partial charge in [0.1, 0.15) is 5.75 Å². The van der Waals surface area contributed by atoms with Crippen LogP contribution < -0.4 is 10.1 Å². The Kier molecular flexibility index (Phi) is 5.63. The van der Waals surface area contributed by atoms with Crippen molar-refractivity contribution in [2.24, 2.45) is 5.41 Å². The summed E-state index contributed by atoms with van der Waals surface area (Å²) < 4.78 is 5.14. The van der Waals surface area contributed by atoms with Gasteiger partial charge >= 0.3 is 0 Å². The highest BCUT2D eigenvalue weighted by Crippen LogP contribution is 2.22. The van der Waals surface area contributed by atoms with Crippen LogP contribution in [-0.4, -0.2) is 25.4 Å². The van der Waals surface area contributed by atoms with Crippen molar-refractivity contribution in [3.8, 4) is 5.75 Å². The fraction of sp³-hybridized carbons (Fsp3) is 0.600. The molecule has 0 aromatic heterocycles. The summed E-state index contributed by atoms with van der Waals surface area (Å²) in [7, 11) is 1.67. The van der Waals surface area contributed by atoms with Crippen molar-refractivity contribution >= 4 is 0 Å².